The standard InChI is InChI=1S/C16H13BrN2OS/c1-9-7-11(3-5-13(9)17)16(20)19-12-4-6-14-15(8-12)21-10(2)18-14/h3-8H,1-2H3,(H,19,20). The molecule has 0 aliphatic carbocycles. The predicted molar refractivity (Wildman–Crippen MR) is 91.2 cm³/mol. The average molecular weight is 361 g/mol. The number of carbonyl (C=O) groups excluding carboxylic acids is 1. The summed E-state index contributed by atoms with van der Waals surface area (Å²) in [6, 6.07) is 11.3. The Bertz CT molecular complexity index is 841. The van der Waals surface area contributed by atoms with Crippen molar-refractivity contribution in [1.82, 2.24) is 4.98 Å². The number of rotatable bonds is 2. The zero-order valence-electron chi connectivity index (χ0n) is 11.6. The first-order valence-electron chi connectivity index (χ1n) is 6.47. The normalized spacial score (nSPS) is 10.8. The van der Waals surface area contributed by atoms with Crippen molar-refractivity contribution in [2.24, 2.45) is 0 Å². The van der Waals surface area contributed by atoms with E-state index in [-0.39, 0.29) is 5.91 Å². The molecule has 2 aromatic carbocycles. The van der Waals surface area contributed by atoms with Crippen LogP contribution in [0.2, 0.25) is 0 Å². The van der Waals surface area contributed by atoms with Crippen LogP contribution in [0, 0.1) is 13.8 Å². The lowest BCUT2D eigenvalue weighted by molar-refractivity contribution is 0.102. The van der Waals surface area contributed by atoms with Crippen molar-refractivity contribution >= 4 is 49.1 Å². The number of hydrogen-bond acceptors (Lipinski definition) is 3. The number of nitrogens with one attached hydrogen (secondary N) is 1. The SMILES string of the molecule is Cc1nc2ccc(NC(=O)c3ccc(Br)c(C)c3)cc2s1. The zero-order chi connectivity index (χ0) is 15.0. The maximum atomic E-state index is 12.3. The van der Waals surface area contributed by atoms with Crippen molar-refractivity contribution in [1.29, 1.82) is 0 Å². The van der Waals surface area contributed by atoms with Gasteiger partial charge in [0.15, 0.2) is 0 Å². The Morgan fingerprint density at radius 3 is 2.76 bits per heavy atom. The molecule has 0 unspecified atom stereocenters. The predicted octanol–water partition coefficient (Wildman–Crippen LogP) is 4.93. The van der Waals surface area contributed by atoms with E-state index < -0.39 is 0 Å². The van der Waals surface area contributed by atoms with Crippen molar-refractivity contribution in [3.63, 3.8) is 0 Å². The molecular formula is C16H13BrN2OS. The van der Waals surface area contributed by atoms with Crippen LogP contribution in [-0.2, 0) is 0 Å². The summed E-state index contributed by atoms with van der Waals surface area (Å²) >= 11 is 5.06. The van der Waals surface area contributed by atoms with Crippen LogP contribution in [0.4, 0.5) is 5.69 Å². The summed E-state index contributed by atoms with van der Waals surface area (Å²) < 4.78 is 2.08. The van der Waals surface area contributed by atoms with E-state index in [1.807, 2.05) is 50.2 Å². The van der Waals surface area contributed by atoms with Crippen LogP contribution >= 0.6 is 27.3 Å². The highest BCUT2D eigenvalue weighted by Crippen LogP contribution is 2.25. The second-order valence-electron chi connectivity index (χ2n) is 4.83. The number of aromatic nitrogens is 1. The van der Waals surface area contributed by atoms with Crippen molar-refractivity contribution in [2.45, 2.75) is 13.8 Å². The fourth-order valence-corrected chi connectivity index (χ4v) is 3.22. The average Bonchev–Trinajstić information content (AvgIpc) is 2.81. The van der Waals surface area contributed by atoms with Crippen molar-refractivity contribution in [3.05, 3.63) is 57.0 Å². The van der Waals surface area contributed by atoms with Gasteiger partial charge in [0.2, 0.25) is 0 Å². The summed E-state index contributed by atoms with van der Waals surface area (Å²) in [6.45, 7) is 3.94. The van der Waals surface area contributed by atoms with E-state index in [9.17, 15) is 4.79 Å². The second-order valence-corrected chi connectivity index (χ2v) is 6.92. The first kappa shape index (κ1) is 14.2. The van der Waals surface area contributed by atoms with Gasteiger partial charge < -0.3 is 5.32 Å². The van der Waals surface area contributed by atoms with Gasteiger partial charge >= 0.3 is 0 Å². The summed E-state index contributed by atoms with van der Waals surface area (Å²) in [5.74, 6) is -0.105. The molecule has 1 heterocycles. The molecule has 3 rings (SSSR count). The number of anilines is 1. The number of aryl methyl sites for hydroxylation is 2. The minimum absolute atomic E-state index is 0.105. The molecule has 0 saturated carbocycles. The fraction of sp³-hybridized carbons (Fsp3) is 0.125. The Labute approximate surface area is 135 Å². The molecule has 5 heteroatoms. The van der Waals surface area contributed by atoms with E-state index in [4.69, 9.17) is 0 Å². The monoisotopic (exact) mass is 360 g/mol. The van der Waals surface area contributed by atoms with Gasteiger partial charge in [-0.1, -0.05) is 15.9 Å². The van der Waals surface area contributed by atoms with E-state index in [1.165, 1.54) is 0 Å². The molecule has 0 spiro atoms. The third kappa shape index (κ3) is 2.99. The molecule has 0 aliphatic heterocycles. The van der Waals surface area contributed by atoms with Gasteiger partial charge in [-0.15, -0.1) is 11.3 Å². The minimum atomic E-state index is -0.105. The molecule has 0 saturated heterocycles. The van der Waals surface area contributed by atoms with E-state index in [1.54, 1.807) is 11.3 Å². The number of benzene rings is 2. The fourth-order valence-electron chi connectivity index (χ4n) is 2.11. The van der Waals surface area contributed by atoms with Crippen LogP contribution in [0.5, 0.6) is 0 Å². The van der Waals surface area contributed by atoms with Crippen LogP contribution in [0.3, 0.4) is 0 Å². The number of amides is 1. The molecule has 0 fully saturated rings. The molecule has 0 atom stereocenters. The molecule has 0 aliphatic rings. The van der Waals surface area contributed by atoms with Crippen molar-refractivity contribution < 1.29 is 4.79 Å². The molecule has 0 bridgehead atoms. The summed E-state index contributed by atoms with van der Waals surface area (Å²) in [7, 11) is 0. The third-order valence-electron chi connectivity index (χ3n) is 3.17. The van der Waals surface area contributed by atoms with E-state index in [0.717, 1.165) is 30.9 Å². The Hall–Kier alpha value is -1.72. The number of hydrogen-bond donors (Lipinski definition) is 1. The highest BCUT2D eigenvalue weighted by atomic mass is 79.9. The number of nitrogens with zero attached hydrogens (tertiary/aromatic N) is 1. The largest absolute Gasteiger partial charge is 0.322 e. The summed E-state index contributed by atoms with van der Waals surface area (Å²) in [4.78, 5) is 16.7. The van der Waals surface area contributed by atoms with E-state index >= 15 is 0 Å². The first-order valence-corrected chi connectivity index (χ1v) is 8.08. The Morgan fingerprint density at radius 1 is 1.19 bits per heavy atom. The molecule has 3 nitrogen and oxygen atoms in total. The molecule has 1 amide bonds. The summed E-state index contributed by atoms with van der Waals surface area (Å²) in [6.07, 6.45) is 0. The maximum absolute atomic E-state index is 12.3. The molecule has 106 valence electrons. The van der Waals surface area contributed by atoms with Gasteiger partial charge in [-0.3, -0.25) is 4.79 Å². The highest BCUT2D eigenvalue weighted by Gasteiger charge is 2.09. The van der Waals surface area contributed by atoms with Gasteiger partial charge in [0.05, 0.1) is 15.2 Å². The zero-order valence-corrected chi connectivity index (χ0v) is 14.0. The van der Waals surface area contributed by atoms with Crippen LogP contribution < -0.4 is 5.32 Å². The highest BCUT2D eigenvalue weighted by molar-refractivity contribution is 9.10. The molecule has 0 radical (unpaired) electrons. The Kier molecular flexibility index (Phi) is 3.78. The maximum Gasteiger partial charge on any atom is 0.255 e. The lowest BCUT2D eigenvalue weighted by Gasteiger charge is -2.06. The molecular weight excluding hydrogens is 348 g/mol. The van der Waals surface area contributed by atoms with Gasteiger partial charge in [0.25, 0.3) is 5.91 Å². The second kappa shape index (κ2) is 5.58. The minimum Gasteiger partial charge on any atom is -0.322 e. The molecule has 21 heavy (non-hydrogen) atoms. The van der Waals surface area contributed by atoms with Crippen LogP contribution in [0.1, 0.15) is 20.9 Å². The van der Waals surface area contributed by atoms with Crippen LogP contribution in [0.15, 0.2) is 40.9 Å². The molecule has 1 N–H and O–H groups in total. The van der Waals surface area contributed by atoms with Gasteiger partial charge in [0.1, 0.15) is 0 Å². The van der Waals surface area contributed by atoms with Crippen LogP contribution in [-0.4, -0.2) is 10.9 Å². The lowest BCUT2D eigenvalue weighted by Crippen LogP contribution is -2.11. The van der Waals surface area contributed by atoms with E-state index in [0.29, 0.717) is 5.56 Å². The lowest BCUT2D eigenvalue weighted by atomic mass is 10.1. The van der Waals surface area contributed by atoms with E-state index in [2.05, 4.69) is 26.2 Å². The number of thiazole rings is 1. The number of fused-ring (bicyclic) bond motifs is 1. The quantitative estimate of drug-likeness (QED) is 0.703. The first-order chi connectivity index (χ1) is 10.0. The number of halogens is 1. The Balaban J connectivity index is 1.86. The van der Waals surface area contributed by atoms with Gasteiger partial charge in [-0.25, -0.2) is 4.98 Å². The smallest absolute Gasteiger partial charge is 0.255 e. The van der Waals surface area contributed by atoms with Crippen molar-refractivity contribution in [3.8, 4) is 0 Å². The van der Waals surface area contributed by atoms with Crippen molar-refractivity contribution in [2.75, 3.05) is 5.32 Å². The van der Waals surface area contributed by atoms with Gasteiger partial charge in [-0.05, 0) is 55.8 Å². The van der Waals surface area contributed by atoms with Gasteiger partial charge in [0, 0.05) is 15.7 Å². The molecule has 1 aromatic heterocycles. The topological polar surface area (TPSA) is 42.0 Å². The number of carbonyl (C=O) groups is 1. The molecule has 3 aromatic rings. The summed E-state index contributed by atoms with van der Waals surface area (Å²) in [5, 5.41) is 3.96. The van der Waals surface area contributed by atoms with Crippen LogP contribution in [0.25, 0.3) is 10.2 Å². The van der Waals surface area contributed by atoms with Gasteiger partial charge in [-0.2, -0.15) is 0 Å². The summed E-state index contributed by atoms with van der Waals surface area (Å²) in [5.41, 5.74) is 3.44. The Morgan fingerprint density at radius 2 is 2.00 bits per heavy atom. The third-order valence-corrected chi connectivity index (χ3v) is 5.00.